The number of thiophene rings is 1. The molecule has 10 heteroatoms. The number of benzene rings is 1. The van der Waals surface area contributed by atoms with Gasteiger partial charge in [-0.25, -0.2) is 8.42 Å². The topological polar surface area (TPSA) is 84.2 Å². The fourth-order valence-corrected chi connectivity index (χ4v) is 5.40. The molecule has 1 aromatic carbocycles. The van der Waals surface area contributed by atoms with Crippen LogP contribution in [0.15, 0.2) is 52.1 Å². The molecule has 0 unspecified atom stereocenters. The molecule has 0 radical (unpaired) electrons. The van der Waals surface area contributed by atoms with Gasteiger partial charge < -0.3 is 0 Å². The average Bonchev–Trinajstić information content (AvgIpc) is 3.35. The minimum absolute atomic E-state index is 0.399. The Morgan fingerprint density at radius 3 is 2.46 bits per heavy atom. The highest BCUT2D eigenvalue weighted by atomic mass is 32.2. The molecular formula is C16H18N6O2S2. The van der Waals surface area contributed by atoms with E-state index in [4.69, 9.17) is 0 Å². The summed E-state index contributed by atoms with van der Waals surface area (Å²) in [5, 5.41) is 14.4. The SMILES string of the molecule is O=S(=O)(c1cccs1)N1CCN(Cn2nnc(-c3ccccc3)n2)CC1. The number of sulfonamides is 1. The van der Waals surface area contributed by atoms with Gasteiger partial charge in [-0.15, -0.1) is 26.3 Å². The van der Waals surface area contributed by atoms with Gasteiger partial charge in [0.25, 0.3) is 10.0 Å². The lowest BCUT2D eigenvalue weighted by Gasteiger charge is -2.32. The van der Waals surface area contributed by atoms with Crippen LogP contribution in [0, 0.1) is 0 Å². The van der Waals surface area contributed by atoms with Gasteiger partial charge in [0.15, 0.2) is 0 Å². The Balaban J connectivity index is 1.37. The van der Waals surface area contributed by atoms with E-state index in [0.29, 0.717) is 42.9 Å². The molecule has 3 aromatic rings. The van der Waals surface area contributed by atoms with Crippen molar-refractivity contribution in [1.82, 2.24) is 29.4 Å². The second-order valence-corrected chi connectivity index (χ2v) is 9.06. The van der Waals surface area contributed by atoms with Crippen LogP contribution in [0.2, 0.25) is 0 Å². The summed E-state index contributed by atoms with van der Waals surface area (Å²) < 4.78 is 27.0. The molecule has 8 nitrogen and oxygen atoms in total. The van der Waals surface area contributed by atoms with E-state index in [1.165, 1.54) is 11.3 Å². The number of aromatic nitrogens is 4. The number of hydrogen-bond donors (Lipinski definition) is 0. The summed E-state index contributed by atoms with van der Waals surface area (Å²) >= 11 is 1.25. The second-order valence-electron chi connectivity index (χ2n) is 5.95. The number of piperazine rings is 1. The van der Waals surface area contributed by atoms with E-state index in [2.05, 4.69) is 20.3 Å². The fraction of sp³-hybridized carbons (Fsp3) is 0.312. The third-order valence-corrected chi connectivity index (χ3v) is 7.50. The normalized spacial score (nSPS) is 16.8. The van der Waals surface area contributed by atoms with E-state index in [-0.39, 0.29) is 0 Å². The number of rotatable bonds is 5. The minimum atomic E-state index is -3.37. The first kappa shape index (κ1) is 17.3. The van der Waals surface area contributed by atoms with Crippen LogP contribution in [0.1, 0.15) is 0 Å². The van der Waals surface area contributed by atoms with E-state index in [1.54, 1.807) is 26.6 Å². The molecule has 0 amide bonds. The highest BCUT2D eigenvalue weighted by molar-refractivity contribution is 7.91. The lowest BCUT2D eigenvalue weighted by atomic mass is 10.2. The van der Waals surface area contributed by atoms with E-state index in [9.17, 15) is 8.42 Å². The first-order chi connectivity index (χ1) is 12.6. The molecule has 3 heterocycles. The molecule has 0 saturated carbocycles. The largest absolute Gasteiger partial charge is 0.280 e. The maximum Gasteiger partial charge on any atom is 0.252 e. The Morgan fingerprint density at radius 1 is 1.00 bits per heavy atom. The smallest absolute Gasteiger partial charge is 0.252 e. The van der Waals surface area contributed by atoms with E-state index in [1.807, 2.05) is 30.3 Å². The lowest BCUT2D eigenvalue weighted by molar-refractivity contribution is 0.136. The van der Waals surface area contributed by atoms with Crippen LogP contribution in [0.25, 0.3) is 11.4 Å². The first-order valence-corrected chi connectivity index (χ1v) is 10.5. The monoisotopic (exact) mass is 390 g/mol. The maximum atomic E-state index is 12.6. The highest BCUT2D eigenvalue weighted by Gasteiger charge is 2.29. The van der Waals surface area contributed by atoms with Crippen molar-refractivity contribution in [2.45, 2.75) is 10.9 Å². The van der Waals surface area contributed by atoms with Gasteiger partial charge in [-0.2, -0.15) is 4.31 Å². The predicted molar refractivity (Wildman–Crippen MR) is 97.9 cm³/mol. The van der Waals surface area contributed by atoms with Crippen molar-refractivity contribution in [1.29, 1.82) is 0 Å². The van der Waals surface area contributed by atoms with Gasteiger partial charge in [-0.3, -0.25) is 4.90 Å². The molecule has 0 aliphatic carbocycles. The Morgan fingerprint density at radius 2 is 1.77 bits per heavy atom. The van der Waals surface area contributed by atoms with Gasteiger partial charge in [0.05, 0.1) is 0 Å². The zero-order chi connectivity index (χ0) is 18.0. The summed E-state index contributed by atoms with van der Waals surface area (Å²) in [5.41, 5.74) is 0.922. The molecule has 1 aliphatic heterocycles. The van der Waals surface area contributed by atoms with E-state index in [0.717, 1.165) is 5.56 Å². The van der Waals surface area contributed by atoms with Crippen LogP contribution < -0.4 is 0 Å². The van der Waals surface area contributed by atoms with Crippen molar-refractivity contribution in [2.75, 3.05) is 26.2 Å². The number of nitrogens with zero attached hydrogens (tertiary/aromatic N) is 6. The van der Waals surface area contributed by atoms with Crippen LogP contribution >= 0.6 is 11.3 Å². The van der Waals surface area contributed by atoms with Gasteiger partial charge in [0, 0.05) is 31.7 Å². The molecule has 4 rings (SSSR count). The maximum absolute atomic E-state index is 12.6. The molecule has 26 heavy (non-hydrogen) atoms. The molecule has 0 atom stereocenters. The summed E-state index contributed by atoms with van der Waals surface area (Å²) in [6.45, 7) is 2.67. The van der Waals surface area contributed by atoms with Crippen LogP contribution in [-0.4, -0.2) is 64.0 Å². The molecule has 2 aromatic heterocycles. The highest BCUT2D eigenvalue weighted by Crippen LogP contribution is 2.22. The molecule has 1 saturated heterocycles. The summed E-state index contributed by atoms with van der Waals surface area (Å²) in [5.74, 6) is 0.588. The molecule has 136 valence electrons. The van der Waals surface area contributed by atoms with Crippen LogP contribution in [0.3, 0.4) is 0 Å². The van der Waals surface area contributed by atoms with Crippen molar-refractivity contribution >= 4 is 21.4 Å². The van der Waals surface area contributed by atoms with Crippen molar-refractivity contribution in [2.24, 2.45) is 0 Å². The number of hydrogen-bond acceptors (Lipinski definition) is 7. The zero-order valence-electron chi connectivity index (χ0n) is 14.0. The second kappa shape index (κ2) is 7.23. The molecular weight excluding hydrogens is 372 g/mol. The van der Waals surface area contributed by atoms with Gasteiger partial charge in [-0.1, -0.05) is 36.4 Å². The van der Waals surface area contributed by atoms with Gasteiger partial charge >= 0.3 is 0 Å². The summed E-state index contributed by atoms with van der Waals surface area (Å²) in [4.78, 5) is 3.67. The third-order valence-electron chi connectivity index (χ3n) is 4.23. The number of tetrazole rings is 1. The van der Waals surface area contributed by atoms with E-state index < -0.39 is 10.0 Å². The summed E-state index contributed by atoms with van der Waals surface area (Å²) in [6, 6.07) is 13.1. The molecule has 1 aliphatic rings. The first-order valence-electron chi connectivity index (χ1n) is 8.22. The quantitative estimate of drug-likeness (QED) is 0.654. The average molecular weight is 390 g/mol. The Kier molecular flexibility index (Phi) is 4.81. The zero-order valence-corrected chi connectivity index (χ0v) is 15.6. The molecule has 0 spiro atoms. The molecule has 1 fully saturated rings. The van der Waals surface area contributed by atoms with Crippen molar-refractivity contribution < 1.29 is 8.42 Å². The summed E-state index contributed by atoms with van der Waals surface area (Å²) in [6.07, 6.45) is 0. The van der Waals surface area contributed by atoms with Crippen molar-refractivity contribution in [3.05, 3.63) is 47.8 Å². The Bertz CT molecular complexity index is 948. The van der Waals surface area contributed by atoms with Gasteiger partial charge in [0.1, 0.15) is 10.9 Å². The van der Waals surface area contributed by atoms with Crippen LogP contribution in [0.4, 0.5) is 0 Å². The fourth-order valence-electron chi connectivity index (χ4n) is 2.83. The van der Waals surface area contributed by atoms with Crippen molar-refractivity contribution in [3.8, 4) is 11.4 Å². The standard InChI is InChI=1S/C16H18N6O2S2/c23-26(24,15-7-4-12-25-15)21-10-8-20(9-11-21)13-22-18-16(17-19-22)14-5-2-1-3-6-14/h1-7,12H,8-11,13H2. The molecule has 0 N–H and O–H groups in total. The predicted octanol–water partition coefficient (Wildman–Crippen LogP) is 1.37. The Hall–Kier alpha value is -2.14. The summed E-state index contributed by atoms with van der Waals surface area (Å²) in [7, 11) is -3.37. The third kappa shape index (κ3) is 3.54. The molecule has 0 bridgehead atoms. The van der Waals surface area contributed by atoms with Crippen LogP contribution in [0.5, 0.6) is 0 Å². The minimum Gasteiger partial charge on any atom is -0.280 e. The van der Waals surface area contributed by atoms with Gasteiger partial charge in [0.2, 0.25) is 5.82 Å². The lowest BCUT2D eigenvalue weighted by Crippen LogP contribution is -2.48. The van der Waals surface area contributed by atoms with Crippen molar-refractivity contribution in [3.63, 3.8) is 0 Å². The Labute approximate surface area is 155 Å². The van der Waals surface area contributed by atoms with Crippen LogP contribution in [-0.2, 0) is 16.7 Å². The van der Waals surface area contributed by atoms with E-state index >= 15 is 0 Å². The van der Waals surface area contributed by atoms with Gasteiger partial charge in [-0.05, 0) is 16.7 Å².